The maximum Gasteiger partial charge on any atom is 0.171 e. The van der Waals surface area contributed by atoms with Crippen LogP contribution >= 0.6 is 14.9 Å². The molecule has 0 amide bonds. The van der Waals surface area contributed by atoms with E-state index in [0.717, 1.165) is 32.9 Å². The monoisotopic (exact) mass is 568 g/mol. The molecule has 0 spiro atoms. The van der Waals surface area contributed by atoms with Crippen LogP contribution in [0.15, 0.2) is 115 Å². The zero-order valence-corrected chi connectivity index (χ0v) is 24.5. The molecule has 6 rings (SSSR count). The van der Waals surface area contributed by atoms with E-state index in [1.54, 1.807) is 12.1 Å². The third kappa shape index (κ3) is 4.38. The van der Waals surface area contributed by atoms with E-state index in [4.69, 9.17) is 0 Å². The summed E-state index contributed by atoms with van der Waals surface area (Å²) in [5.74, 6) is 0. The van der Waals surface area contributed by atoms with E-state index in [9.17, 15) is 15.1 Å². The molecule has 2 atom stereocenters. The van der Waals surface area contributed by atoms with Crippen LogP contribution in [0.4, 0.5) is 0 Å². The van der Waals surface area contributed by atoms with Crippen molar-refractivity contribution in [2.45, 2.75) is 19.3 Å². The van der Waals surface area contributed by atoms with Gasteiger partial charge in [-0.25, -0.2) is 0 Å². The van der Waals surface area contributed by atoms with E-state index in [-0.39, 0.29) is 0 Å². The summed E-state index contributed by atoms with van der Waals surface area (Å²) in [6.07, 6.45) is 0. The summed E-state index contributed by atoms with van der Waals surface area (Å²) < 4.78 is 28.7. The van der Waals surface area contributed by atoms with Crippen LogP contribution in [0, 0.1) is 22.7 Å². The van der Waals surface area contributed by atoms with Gasteiger partial charge in [0.15, 0.2) is 7.14 Å². The van der Waals surface area contributed by atoms with E-state index >= 15 is 4.57 Å². The molecule has 0 bridgehead atoms. The largest absolute Gasteiger partial charge is 0.317 e. The lowest BCUT2D eigenvalue weighted by atomic mass is 9.82. The second kappa shape index (κ2) is 10.2. The van der Waals surface area contributed by atoms with Crippen molar-refractivity contribution >= 4 is 41.5 Å². The highest BCUT2D eigenvalue weighted by molar-refractivity contribution is 7.85. The molecular formula is C35H26N2O2P2. The number of nitrogens with zero attached hydrogens (tertiary/aromatic N) is 2. The summed E-state index contributed by atoms with van der Waals surface area (Å²) in [4.78, 5) is 0. The Hall–Kier alpha value is -4.46. The van der Waals surface area contributed by atoms with Gasteiger partial charge in [0, 0.05) is 31.9 Å². The fourth-order valence-corrected chi connectivity index (χ4v) is 9.89. The van der Waals surface area contributed by atoms with Crippen LogP contribution in [0.2, 0.25) is 0 Å². The van der Waals surface area contributed by atoms with Gasteiger partial charge in [0.05, 0.1) is 23.3 Å². The van der Waals surface area contributed by atoms with E-state index < -0.39 is 20.4 Å². The molecule has 0 saturated carbocycles. The summed E-state index contributed by atoms with van der Waals surface area (Å²) in [5, 5.41) is 22.7. The predicted octanol–water partition coefficient (Wildman–Crippen LogP) is 5.89. The molecule has 5 aromatic carbocycles. The Balaban J connectivity index is 1.52. The first-order valence-corrected chi connectivity index (χ1v) is 16.4. The maximum atomic E-state index is 15.3. The van der Waals surface area contributed by atoms with Gasteiger partial charge in [0.1, 0.15) is 7.80 Å². The van der Waals surface area contributed by atoms with Crippen molar-refractivity contribution in [2.24, 2.45) is 0 Å². The summed E-state index contributed by atoms with van der Waals surface area (Å²) in [7, 11) is -5.62. The Labute approximate surface area is 240 Å². The number of nitriles is 2. The number of hydrogen-bond donors (Lipinski definition) is 0. The Kier molecular flexibility index (Phi) is 6.64. The fourth-order valence-electron chi connectivity index (χ4n) is 5.83. The standard InChI is InChI=1S/C35H26N2O2P2/c1-35(2)33-20-27(40(38)26-9-5-3-6-10-26)13-15-31(33)32-16-14-29(21-34(32)35)41(39,28-11-7-4-8-12-28)30-18-24(22-36)17-25(19-30)23-37/h3-21,40H,1-2H3. The lowest BCUT2D eigenvalue weighted by molar-refractivity contribution is 0.592. The highest BCUT2D eigenvalue weighted by atomic mass is 31.2. The lowest BCUT2D eigenvalue weighted by Crippen LogP contribution is -2.27. The SMILES string of the molecule is CC1(C)c2cc([PH](=O)c3ccccc3)ccc2-c2ccc(P(=O)(c3ccccc3)c3cc(C#N)cc(C#N)c3)cc21. The van der Waals surface area contributed by atoms with Crippen LogP contribution in [0.1, 0.15) is 36.1 Å². The first-order valence-electron chi connectivity index (χ1n) is 13.3. The Morgan fingerprint density at radius 2 is 1.17 bits per heavy atom. The number of hydrogen-bond acceptors (Lipinski definition) is 4. The Morgan fingerprint density at radius 3 is 1.78 bits per heavy atom. The molecule has 4 nitrogen and oxygen atoms in total. The molecule has 1 aliphatic rings. The van der Waals surface area contributed by atoms with Crippen LogP contribution < -0.4 is 26.5 Å². The quantitative estimate of drug-likeness (QED) is 0.248. The van der Waals surface area contributed by atoms with Gasteiger partial charge in [-0.15, -0.1) is 0 Å². The van der Waals surface area contributed by atoms with Gasteiger partial charge in [-0.05, 0) is 52.6 Å². The second-order valence-electron chi connectivity index (χ2n) is 10.7. The van der Waals surface area contributed by atoms with Crippen molar-refractivity contribution in [1.82, 2.24) is 0 Å². The molecule has 198 valence electrons. The van der Waals surface area contributed by atoms with Crippen molar-refractivity contribution in [3.63, 3.8) is 0 Å². The van der Waals surface area contributed by atoms with Crippen molar-refractivity contribution < 1.29 is 9.13 Å². The maximum absolute atomic E-state index is 15.3. The zero-order chi connectivity index (χ0) is 28.8. The van der Waals surface area contributed by atoms with Crippen molar-refractivity contribution in [3.8, 4) is 23.3 Å². The van der Waals surface area contributed by atoms with E-state index in [0.29, 0.717) is 27.0 Å². The summed E-state index contributed by atoms with van der Waals surface area (Å²) in [5.41, 5.74) is 4.43. The lowest BCUT2D eigenvalue weighted by Gasteiger charge is -2.25. The molecular weight excluding hydrogens is 542 g/mol. The smallest absolute Gasteiger partial charge is 0.171 e. The Bertz CT molecular complexity index is 1950. The van der Waals surface area contributed by atoms with Gasteiger partial charge in [-0.1, -0.05) is 98.8 Å². The average Bonchev–Trinajstić information content (AvgIpc) is 3.26. The van der Waals surface area contributed by atoms with Crippen LogP contribution in [0.3, 0.4) is 0 Å². The molecule has 0 saturated heterocycles. The minimum atomic E-state index is -3.45. The molecule has 1 aliphatic carbocycles. The van der Waals surface area contributed by atoms with E-state index in [2.05, 4.69) is 38.1 Å². The van der Waals surface area contributed by atoms with Gasteiger partial charge in [0.2, 0.25) is 0 Å². The molecule has 0 heterocycles. The number of rotatable bonds is 5. The van der Waals surface area contributed by atoms with Gasteiger partial charge in [0.25, 0.3) is 0 Å². The summed E-state index contributed by atoms with van der Waals surface area (Å²) in [6, 6.07) is 39.8. The third-order valence-electron chi connectivity index (χ3n) is 7.98. The minimum absolute atomic E-state index is 0.297. The molecule has 6 heteroatoms. The highest BCUT2D eigenvalue weighted by Gasteiger charge is 2.39. The van der Waals surface area contributed by atoms with Crippen LogP contribution in [-0.4, -0.2) is 0 Å². The van der Waals surface area contributed by atoms with Crippen LogP contribution in [0.25, 0.3) is 11.1 Å². The first-order chi connectivity index (χ1) is 19.8. The van der Waals surface area contributed by atoms with Gasteiger partial charge < -0.3 is 9.13 Å². The average molecular weight is 569 g/mol. The molecule has 2 unspecified atom stereocenters. The molecule has 0 N–H and O–H groups in total. The molecule has 41 heavy (non-hydrogen) atoms. The van der Waals surface area contributed by atoms with Crippen molar-refractivity contribution in [1.29, 1.82) is 10.5 Å². The third-order valence-corrected chi connectivity index (χ3v) is 12.7. The Morgan fingerprint density at radius 1 is 0.610 bits per heavy atom. The predicted molar refractivity (Wildman–Crippen MR) is 168 cm³/mol. The first kappa shape index (κ1) is 26.7. The molecule has 0 radical (unpaired) electrons. The fraction of sp³-hybridized carbons (Fsp3) is 0.0857. The van der Waals surface area contributed by atoms with Gasteiger partial charge >= 0.3 is 0 Å². The minimum Gasteiger partial charge on any atom is -0.317 e. The van der Waals surface area contributed by atoms with Crippen molar-refractivity contribution in [2.75, 3.05) is 0 Å². The molecule has 0 aromatic heterocycles. The highest BCUT2D eigenvalue weighted by Crippen LogP contribution is 2.51. The number of fused-ring (bicyclic) bond motifs is 3. The molecule has 0 aliphatic heterocycles. The van der Waals surface area contributed by atoms with E-state index in [1.165, 1.54) is 6.07 Å². The zero-order valence-electron chi connectivity index (χ0n) is 22.6. The van der Waals surface area contributed by atoms with Gasteiger partial charge in [-0.2, -0.15) is 10.5 Å². The van der Waals surface area contributed by atoms with Gasteiger partial charge in [-0.3, -0.25) is 0 Å². The van der Waals surface area contributed by atoms with Crippen molar-refractivity contribution in [3.05, 3.63) is 138 Å². The summed E-state index contributed by atoms with van der Waals surface area (Å²) in [6.45, 7) is 4.28. The topological polar surface area (TPSA) is 81.7 Å². The van der Waals surface area contributed by atoms with Crippen LogP contribution in [-0.2, 0) is 14.5 Å². The normalized spacial score (nSPS) is 15.0. The van der Waals surface area contributed by atoms with Crippen LogP contribution in [0.5, 0.6) is 0 Å². The molecule has 0 fully saturated rings. The summed E-state index contributed by atoms with van der Waals surface area (Å²) >= 11 is 0. The van der Waals surface area contributed by atoms with E-state index in [1.807, 2.05) is 84.9 Å². The number of benzene rings is 5. The second-order valence-corrected chi connectivity index (χ2v) is 15.3. The molecule has 5 aromatic rings.